The molecule has 0 saturated carbocycles. The number of carbonyl (C=O) groups excluding carboxylic acids is 1. The van der Waals surface area contributed by atoms with Crippen LogP contribution in [-0.4, -0.2) is 41.7 Å². The molecule has 0 rings (SSSR count). The Morgan fingerprint density at radius 1 is 0.760 bits per heavy atom. The van der Waals surface area contributed by atoms with E-state index >= 15 is 0 Å². The molecule has 0 aliphatic carbocycles. The number of hydrogen-bond donors (Lipinski definition) is 1. The highest BCUT2D eigenvalue weighted by molar-refractivity contribution is 7.75. The van der Waals surface area contributed by atoms with Crippen LogP contribution in [0.1, 0.15) is 79.1 Å². The monoisotopic (exact) mass is 374 g/mol. The van der Waals surface area contributed by atoms with Crippen LogP contribution in [0.5, 0.6) is 0 Å². The van der Waals surface area contributed by atoms with Gasteiger partial charge in [-0.25, -0.2) is 4.79 Å². The Morgan fingerprint density at radius 3 is 1.24 bits per heavy atom. The number of unbranched alkanes of at least 4 members (excludes halogenated alkanes) is 4. The van der Waals surface area contributed by atoms with Gasteiger partial charge in [-0.1, -0.05) is 53.4 Å². The van der Waals surface area contributed by atoms with Crippen LogP contribution in [0.2, 0.25) is 0 Å². The predicted molar refractivity (Wildman–Crippen MR) is 108 cm³/mol. The lowest BCUT2D eigenvalue weighted by atomic mass is 10.4. The highest BCUT2D eigenvalue weighted by Gasteiger charge is 2.34. The molecule has 0 aromatic heterocycles. The van der Waals surface area contributed by atoms with Crippen molar-refractivity contribution >= 4 is 19.2 Å². The lowest BCUT2D eigenvalue weighted by Gasteiger charge is -2.28. The molecular weight excluding hydrogens is 335 g/mol. The molecule has 0 unspecified atom stereocenters. The summed E-state index contributed by atoms with van der Waals surface area (Å²) in [6, 6.07) is 0. The molecule has 0 aromatic rings. The Hall–Kier alpha value is -0.890. The average molecular weight is 375 g/mol. The summed E-state index contributed by atoms with van der Waals surface area (Å²) in [4.78, 5) is 19.0. The van der Waals surface area contributed by atoms with Gasteiger partial charge < -0.3 is 15.0 Å². The first-order valence-electron chi connectivity index (χ1n) is 9.84. The van der Waals surface area contributed by atoms with Crippen LogP contribution in [0.25, 0.3) is 0 Å². The zero-order valence-corrected chi connectivity index (χ0v) is 17.7. The van der Waals surface area contributed by atoms with Crippen LogP contribution in [0.3, 0.4) is 0 Å². The summed E-state index contributed by atoms with van der Waals surface area (Å²) >= 11 is 0. The summed E-state index contributed by atoms with van der Waals surface area (Å²) in [7, 11) is -0.562. The molecule has 0 fully saturated rings. The predicted octanol–water partition coefficient (Wildman–Crippen LogP) is 4.58. The van der Waals surface area contributed by atoms with E-state index in [2.05, 4.69) is 27.7 Å². The van der Waals surface area contributed by atoms with E-state index in [0.29, 0.717) is 12.2 Å². The van der Waals surface area contributed by atoms with Gasteiger partial charge in [0.1, 0.15) is 0 Å². The van der Waals surface area contributed by atoms with Crippen molar-refractivity contribution in [2.75, 3.05) is 24.6 Å². The molecule has 0 aliphatic rings. The second-order valence-electron chi connectivity index (χ2n) is 6.64. The highest BCUT2D eigenvalue weighted by Crippen LogP contribution is 2.61. The van der Waals surface area contributed by atoms with Crippen molar-refractivity contribution in [3.63, 3.8) is 0 Å². The zero-order chi connectivity index (χ0) is 19.6. The van der Waals surface area contributed by atoms with E-state index in [1.54, 1.807) is 24.6 Å². The van der Waals surface area contributed by atoms with Gasteiger partial charge >= 0.3 is 5.97 Å². The fourth-order valence-corrected chi connectivity index (χ4v) is 8.07. The Kier molecular flexibility index (Phi) is 18.9. The topological polar surface area (TPSA) is 77.4 Å². The van der Waals surface area contributed by atoms with E-state index in [-0.39, 0.29) is 0 Å². The fourth-order valence-electron chi connectivity index (χ4n) is 2.78. The molecular formula is C20H39O4P. The van der Waals surface area contributed by atoms with Gasteiger partial charge in [-0.05, 0) is 31.8 Å². The van der Waals surface area contributed by atoms with Crippen molar-refractivity contribution in [1.82, 2.24) is 0 Å². The summed E-state index contributed by atoms with van der Waals surface area (Å²) in [5.74, 6) is -2.80. The zero-order valence-electron chi connectivity index (χ0n) is 16.8. The van der Waals surface area contributed by atoms with Crippen molar-refractivity contribution in [3.05, 3.63) is 12.2 Å². The summed E-state index contributed by atoms with van der Waals surface area (Å²) in [6.45, 7) is 9.42. The van der Waals surface area contributed by atoms with Crippen LogP contribution in [0, 0.1) is 0 Å². The van der Waals surface area contributed by atoms with Gasteiger partial charge in [-0.3, -0.25) is 0 Å². The van der Waals surface area contributed by atoms with E-state index in [4.69, 9.17) is 5.11 Å². The second-order valence-corrected chi connectivity index (χ2v) is 11.1. The standard InChI is InChI=1S/C16H36P.C4H4O4/c1-5-9-13-17(14-10-6-2,15-11-7-3)16-12-8-4;5-3(6)1-2-4(7)8/h5-16H2,1-4H3;1-2H,(H,5,6)(H,7,8)/q+1;/p-1/b;2-1+. The maximum Gasteiger partial charge on any atom is 0.328 e. The quantitative estimate of drug-likeness (QED) is 0.356. The van der Waals surface area contributed by atoms with Gasteiger partial charge in [0, 0.05) is 13.3 Å². The normalized spacial score (nSPS) is 11.2. The molecule has 4 nitrogen and oxygen atoms in total. The SMILES string of the molecule is CCCC[P+](CCCC)(CCCC)CCCC.O=C([O-])/C=C/C(=O)O. The van der Waals surface area contributed by atoms with Gasteiger partial charge in [-0.2, -0.15) is 0 Å². The van der Waals surface area contributed by atoms with Crippen molar-refractivity contribution in [1.29, 1.82) is 0 Å². The Bertz CT molecular complexity index is 313. The second kappa shape index (κ2) is 17.9. The van der Waals surface area contributed by atoms with E-state index in [1.807, 2.05) is 0 Å². The van der Waals surface area contributed by atoms with Crippen LogP contribution in [0.4, 0.5) is 0 Å². The fraction of sp³-hybridized carbons (Fsp3) is 0.800. The Morgan fingerprint density at radius 2 is 1.08 bits per heavy atom. The lowest BCUT2D eigenvalue weighted by molar-refractivity contribution is -0.297. The summed E-state index contributed by atoms with van der Waals surface area (Å²) in [5.41, 5.74) is 0. The minimum Gasteiger partial charge on any atom is -0.545 e. The van der Waals surface area contributed by atoms with Crippen molar-refractivity contribution in [2.24, 2.45) is 0 Å². The third-order valence-corrected chi connectivity index (χ3v) is 9.37. The lowest BCUT2D eigenvalue weighted by Crippen LogP contribution is -2.19. The molecule has 25 heavy (non-hydrogen) atoms. The number of carbonyl (C=O) groups is 2. The third-order valence-electron chi connectivity index (χ3n) is 4.31. The number of hydrogen-bond acceptors (Lipinski definition) is 3. The average Bonchev–Trinajstić information content (AvgIpc) is 2.59. The number of carboxylic acid groups (broad SMARTS) is 2. The molecule has 0 spiro atoms. The van der Waals surface area contributed by atoms with Gasteiger partial charge in [0.2, 0.25) is 0 Å². The first-order chi connectivity index (χ1) is 11.9. The Balaban J connectivity index is 0. The molecule has 0 aliphatic heterocycles. The maximum absolute atomic E-state index is 9.53. The van der Waals surface area contributed by atoms with Crippen LogP contribution >= 0.6 is 7.26 Å². The minimum atomic E-state index is -1.51. The van der Waals surface area contributed by atoms with Gasteiger partial charge in [0.15, 0.2) is 0 Å². The number of carboxylic acids is 2. The van der Waals surface area contributed by atoms with E-state index < -0.39 is 19.2 Å². The van der Waals surface area contributed by atoms with Gasteiger partial charge in [0.25, 0.3) is 0 Å². The van der Waals surface area contributed by atoms with Crippen molar-refractivity contribution in [3.8, 4) is 0 Å². The molecule has 5 heteroatoms. The van der Waals surface area contributed by atoms with Crippen molar-refractivity contribution < 1.29 is 19.8 Å². The molecule has 0 atom stereocenters. The largest absolute Gasteiger partial charge is 0.545 e. The van der Waals surface area contributed by atoms with Crippen LogP contribution < -0.4 is 5.11 Å². The molecule has 0 saturated heterocycles. The summed E-state index contributed by atoms with van der Waals surface area (Å²) in [6.07, 6.45) is 18.9. The van der Waals surface area contributed by atoms with Crippen LogP contribution in [-0.2, 0) is 9.59 Å². The third kappa shape index (κ3) is 17.7. The van der Waals surface area contributed by atoms with E-state index in [0.717, 1.165) is 0 Å². The smallest absolute Gasteiger partial charge is 0.328 e. The summed E-state index contributed by atoms with van der Waals surface area (Å²) < 4.78 is 0. The molecule has 0 amide bonds. The summed E-state index contributed by atoms with van der Waals surface area (Å²) in [5, 5.41) is 17.2. The van der Waals surface area contributed by atoms with Gasteiger partial charge in [0.05, 0.1) is 30.6 Å². The Labute approximate surface area is 155 Å². The van der Waals surface area contributed by atoms with Crippen LogP contribution in [0.15, 0.2) is 12.2 Å². The molecule has 148 valence electrons. The van der Waals surface area contributed by atoms with E-state index in [9.17, 15) is 14.7 Å². The van der Waals surface area contributed by atoms with Crippen molar-refractivity contribution in [2.45, 2.75) is 79.1 Å². The first-order valence-corrected chi connectivity index (χ1v) is 12.4. The van der Waals surface area contributed by atoms with E-state index in [1.165, 1.54) is 51.4 Å². The molecule has 1 N–H and O–H groups in total. The first kappa shape index (κ1) is 26.3. The number of aliphatic carboxylic acids is 2. The molecule has 0 radical (unpaired) electrons. The highest BCUT2D eigenvalue weighted by atomic mass is 31.2. The molecule has 0 aromatic carbocycles. The number of rotatable bonds is 14. The maximum atomic E-state index is 9.53. The molecule has 0 bridgehead atoms. The minimum absolute atomic E-state index is 0.447. The van der Waals surface area contributed by atoms with Gasteiger partial charge in [-0.15, -0.1) is 0 Å². The molecule has 0 heterocycles.